The molecule has 0 unspecified atom stereocenters. The molecule has 0 aliphatic carbocycles. The van der Waals surface area contributed by atoms with Gasteiger partial charge in [0.2, 0.25) is 0 Å². The van der Waals surface area contributed by atoms with Gasteiger partial charge >= 0.3 is 0 Å². The largest absolute Gasteiger partial charge is 0.326 e. The minimum Gasteiger partial charge on any atom is -0.326 e. The van der Waals surface area contributed by atoms with Crippen molar-refractivity contribution in [3.63, 3.8) is 0 Å². The third-order valence-corrected chi connectivity index (χ3v) is 4.76. The predicted molar refractivity (Wildman–Crippen MR) is 104 cm³/mol. The lowest BCUT2D eigenvalue weighted by molar-refractivity contribution is 0.599. The lowest BCUT2D eigenvalue weighted by Crippen LogP contribution is -2.03. The highest BCUT2D eigenvalue weighted by molar-refractivity contribution is 5.82. The van der Waals surface area contributed by atoms with Crippen LogP contribution in [-0.2, 0) is 6.42 Å². The predicted octanol–water partition coefficient (Wildman–Crippen LogP) is 5.78. The molecular formula is C21H26F2N4. The average Bonchev–Trinajstić information content (AvgIpc) is 2.96. The number of fused-ring (bicyclic) bond motifs is 1. The first-order valence-corrected chi connectivity index (χ1v) is 9.62. The fourth-order valence-electron chi connectivity index (χ4n) is 3.49. The van der Waals surface area contributed by atoms with Gasteiger partial charge in [-0.3, -0.25) is 0 Å². The molecule has 144 valence electrons. The van der Waals surface area contributed by atoms with Gasteiger partial charge in [0.25, 0.3) is 0 Å². The Bertz CT molecular complexity index is 947. The molecule has 0 N–H and O–H groups in total. The summed E-state index contributed by atoms with van der Waals surface area (Å²) in [4.78, 5) is 12.8. The van der Waals surface area contributed by atoms with Crippen molar-refractivity contribution in [2.45, 2.75) is 65.8 Å². The van der Waals surface area contributed by atoms with E-state index in [2.05, 4.69) is 21.9 Å². The van der Waals surface area contributed by atoms with E-state index in [0.29, 0.717) is 28.8 Å². The quantitative estimate of drug-likeness (QED) is 0.494. The number of imidazole rings is 1. The first kappa shape index (κ1) is 19.4. The molecule has 4 nitrogen and oxygen atoms in total. The Morgan fingerprint density at radius 2 is 1.81 bits per heavy atom. The van der Waals surface area contributed by atoms with Crippen LogP contribution in [0.25, 0.3) is 22.3 Å². The molecule has 0 amide bonds. The number of aromatic nitrogens is 4. The maximum atomic E-state index is 14.7. The number of aryl methyl sites for hydroxylation is 2. The van der Waals surface area contributed by atoms with Crippen molar-refractivity contribution in [1.82, 2.24) is 19.5 Å². The number of hydrogen-bond donors (Lipinski definition) is 0. The molecule has 0 aliphatic heterocycles. The molecule has 0 saturated heterocycles. The monoisotopic (exact) mass is 372 g/mol. The summed E-state index contributed by atoms with van der Waals surface area (Å²) in [6.45, 7) is 8.02. The van der Waals surface area contributed by atoms with Crippen LogP contribution in [-0.4, -0.2) is 19.5 Å². The Labute approximate surface area is 158 Å². The van der Waals surface area contributed by atoms with E-state index in [1.807, 2.05) is 25.3 Å². The maximum absolute atomic E-state index is 14.7. The smallest absolute Gasteiger partial charge is 0.167 e. The molecule has 27 heavy (non-hydrogen) atoms. The number of benzene rings is 1. The minimum absolute atomic E-state index is 0.119. The van der Waals surface area contributed by atoms with E-state index in [9.17, 15) is 8.78 Å². The van der Waals surface area contributed by atoms with Gasteiger partial charge in [-0.1, -0.05) is 26.2 Å². The molecule has 1 aromatic carbocycles. The number of rotatable bonds is 7. The van der Waals surface area contributed by atoms with Gasteiger partial charge in [-0.2, -0.15) is 0 Å². The lowest BCUT2D eigenvalue weighted by Gasteiger charge is -2.12. The molecule has 0 fully saturated rings. The fraction of sp³-hybridized carbons (Fsp3) is 0.476. The second-order valence-electron chi connectivity index (χ2n) is 7.24. The van der Waals surface area contributed by atoms with Crippen LogP contribution in [0.1, 0.15) is 64.1 Å². The summed E-state index contributed by atoms with van der Waals surface area (Å²) in [6.07, 6.45) is 6.25. The topological polar surface area (TPSA) is 43.6 Å². The third kappa shape index (κ3) is 3.99. The molecule has 6 heteroatoms. The summed E-state index contributed by atoms with van der Waals surface area (Å²) >= 11 is 0. The van der Waals surface area contributed by atoms with Crippen molar-refractivity contribution in [3.8, 4) is 11.3 Å². The minimum atomic E-state index is -0.543. The van der Waals surface area contributed by atoms with Crippen molar-refractivity contribution >= 4 is 11.0 Å². The summed E-state index contributed by atoms with van der Waals surface area (Å²) in [7, 11) is 0. The highest BCUT2D eigenvalue weighted by atomic mass is 19.1. The standard InChI is InChI=1S/C21H26F2N4/c1-5-6-7-8-9-19-24-12-17(23)20(26-19)15-10-16(22)21-18(11-15)27(13(2)3)14(4)25-21/h10-13H,5-9H2,1-4H3. The molecule has 0 saturated carbocycles. The van der Waals surface area contributed by atoms with Crippen molar-refractivity contribution in [3.05, 3.63) is 41.6 Å². The second kappa shape index (κ2) is 8.11. The van der Waals surface area contributed by atoms with Gasteiger partial charge in [0.15, 0.2) is 11.6 Å². The van der Waals surface area contributed by atoms with Crippen LogP contribution in [0.15, 0.2) is 18.3 Å². The van der Waals surface area contributed by atoms with Gasteiger partial charge < -0.3 is 4.57 Å². The second-order valence-corrected chi connectivity index (χ2v) is 7.24. The lowest BCUT2D eigenvalue weighted by atomic mass is 10.1. The Morgan fingerprint density at radius 1 is 1.04 bits per heavy atom. The van der Waals surface area contributed by atoms with Gasteiger partial charge in [0.05, 0.1) is 11.7 Å². The van der Waals surface area contributed by atoms with Crippen LogP contribution in [0.2, 0.25) is 0 Å². The highest BCUT2D eigenvalue weighted by Gasteiger charge is 2.18. The highest BCUT2D eigenvalue weighted by Crippen LogP contribution is 2.29. The molecule has 0 aliphatic rings. The molecule has 3 rings (SSSR count). The molecule has 3 aromatic rings. The molecule has 0 bridgehead atoms. The summed E-state index contributed by atoms with van der Waals surface area (Å²) in [6, 6.07) is 3.20. The average molecular weight is 372 g/mol. The van der Waals surface area contributed by atoms with Gasteiger partial charge in [-0.25, -0.2) is 23.7 Å². The van der Waals surface area contributed by atoms with Gasteiger partial charge in [-0.05, 0) is 39.3 Å². The first-order valence-electron chi connectivity index (χ1n) is 9.62. The van der Waals surface area contributed by atoms with E-state index in [4.69, 9.17) is 0 Å². The van der Waals surface area contributed by atoms with E-state index >= 15 is 0 Å². The van der Waals surface area contributed by atoms with Crippen LogP contribution in [0, 0.1) is 18.6 Å². The Hall–Kier alpha value is -2.37. The molecule has 0 radical (unpaired) electrons. The zero-order valence-electron chi connectivity index (χ0n) is 16.4. The van der Waals surface area contributed by atoms with Crippen LogP contribution < -0.4 is 0 Å². The number of nitrogens with zero attached hydrogens (tertiary/aromatic N) is 4. The van der Waals surface area contributed by atoms with E-state index in [1.54, 1.807) is 6.07 Å². The SMILES string of the molecule is CCCCCCc1ncc(F)c(-c2cc(F)c3nc(C)n(C(C)C)c3c2)n1. The van der Waals surface area contributed by atoms with Crippen molar-refractivity contribution in [2.24, 2.45) is 0 Å². The molecule has 2 aromatic heterocycles. The first-order chi connectivity index (χ1) is 12.9. The Morgan fingerprint density at radius 3 is 2.52 bits per heavy atom. The molecule has 0 spiro atoms. The number of unbranched alkanes of at least 4 members (excludes halogenated alkanes) is 3. The van der Waals surface area contributed by atoms with E-state index < -0.39 is 11.6 Å². The summed E-state index contributed by atoms with van der Waals surface area (Å²) in [5, 5.41) is 0. The molecule has 2 heterocycles. The van der Waals surface area contributed by atoms with Gasteiger partial charge in [0, 0.05) is 18.0 Å². The van der Waals surface area contributed by atoms with Crippen molar-refractivity contribution in [2.75, 3.05) is 0 Å². The van der Waals surface area contributed by atoms with Gasteiger partial charge in [0.1, 0.15) is 22.9 Å². The summed E-state index contributed by atoms with van der Waals surface area (Å²) < 4.78 is 31.0. The van der Waals surface area contributed by atoms with Crippen LogP contribution in [0.3, 0.4) is 0 Å². The zero-order valence-corrected chi connectivity index (χ0v) is 16.4. The zero-order chi connectivity index (χ0) is 19.6. The Balaban J connectivity index is 2.02. The summed E-state index contributed by atoms with van der Waals surface area (Å²) in [5.41, 5.74) is 1.51. The Kier molecular flexibility index (Phi) is 5.82. The third-order valence-electron chi connectivity index (χ3n) is 4.76. The van der Waals surface area contributed by atoms with E-state index in [0.717, 1.165) is 31.5 Å². The number of hydrogen-bond acceptors (Lipinski definition) is 3. The molecular weight excluding hydrogens is 346 g/mol. The van der Waals surface area contributed by atoms with Crippen LogP contribution in [0.5, 0.6) is 0 Å². The van der Waals surface area contributed by atoms with Crippen LogP contribution >= 0.6 is 0 Å². The van der Waals surface area contributed by atoms with Crippen molar-refractivity contribution < 1.29 is 8.78 Å². The van der Waals surface area contributed by atoms with Crippen molar-refractivity contribution in [1.29, 1.82) is 0 Å². The normalized spacial score (nSPS) is 11.7. The fourth-order valence-corrected chi connectivity index (χ4v) is 3.49. The van der Waals surface area contributed by atoms with E-state index in [1.165, 1.54) is 12.3 Å². The molecule has 0 atom stereocenters. The van der Waals surface area contributed by atoms with E-state index in [-0.39, 0.29) is 11.7 Å². The maximum Gasteiger partial charge on any atom is 0.167 e. The van der Waals surface area contributed by atoms with Crippen LogP contribution in [0.4, 0.5) is 8.78 Å². The summed E-state index contributed by atoms with van der Waals surface area (Å²) in [5.74, 6) is 0.318. The number of halogens is 2. The van der Waals surface area contributed by atoms with Gasteiger partial charge in [-0.15, -0.1) is 0 Å².